The Morgan fingerprint density at radius 2 is 2.20 bits per heavy atom. The van der Waals surface area contributed by atoms with Crippen LogP contribution < -0.4 is 5.32 Å². The molecular formula is C13H21N3O2S2. The first kappa shape index (κ1) is 15.6. The predicted molar refractivity (Wildman–Crippen MR) is 85.1 cm³/mol. The molecule has 1 N–H and O–H groups in total. The van der Waals surface area contributed by atoms with Crippen LogP contribution in [-0.4, -0.2) is 59.5 Å². The molecule has 0 atom stereocenters. The lowest BCUT2D eigenvalue weighted by molar-refractivity contribution is 0.0527. The van der Waals surface area contributed by atoms with Crippen LogP contribution in [0.4, 0.5) is 5.00 Å². The summed E-state index contributed by atoms with van der Waals surface area (Å²) in [7, 11) is 0. The van der Waals surface area contributed by atoms with Crippen molar-refractivity contribution in [1.29, 1.82) is 0 Å². The van der Waals surface area contributed by atoms with Crippen molar-refractivity contribution in [1.82, 2.24) is 9.27 Å². The summed E-state index contributed by atoms with van der Waals surface area (Å²) < 4.78 is 9.33. The maximum Gasteiger partial charge on any atom is 0.343 e. The monoisotopic (exact) mass is 315 g/mol. The molecule has 0 aromatic carbocycles. The van der Waals surface area contributed by atoms with Gasteiger partial charge in [-0.2, -0.15) is 16.1 Å². The van der Waals surface area contributed by atoms with E-state index < -0.39 is 0 Å². The molecule has 0 bridgehead atoms. The third kappa shape index (κ3) is 4.10. The highest BCUT2D eigenvalue weighted by molar-refractivity contribution is 7.99. The number of aromatic nitrogens is 1. The van der Waals surface area contributed by atoms with Crippen molar-refractivity contribution < 1.29 is 9.53 Å². The zero-order valence-electron chi connectivity index (χ0n) is 12.0. The SMILES string of the molecule is CCOC(=O)c1c(C)nsc1NCCN1CCSCC1. The van der Waals surface area contributed by atoms with Gasteiger partial charge in [-0.3, -0.25) is 4.90 Å². The van der Waals surface area contributed by atoms with E-state index in [-0.39, 0.29) is 5.97 Å². The van der Waals surface area contributed by atoms with Crippen molar-refractivity contribution in [3.63, 3.8) is 0 Å². The number of rotatable bonds is 6. The quantitative estimate of drug-likeness (QED) is 0.811. The fraction of sp³-hybridized carbons (Fsp3) is 0.692. The molecule has 0 spiro atoms. The zero-order valence-corrected chi connectivity index (χ0v) is 13.6. The molecule has 1 aliphatic heterocycles. The molecule has 0 radical (unpaired) electrons. The van der Waals surface area contributed by atoms with E-state index in [1.165, 1.54) is 23.0 Å². The van der Waals surface area contributed by atoms with Crippen LogP contribution >= 0.6 is 23.3 Å². The maximum absolute atomic E-state index is 11.9. The Kier molecular flexibility index (Phi) is 6.12. The number of ether oxygens (including phenoxy) is 1. The van der Waals surface area contributed by atoms with E-state index in [0.29, 0.717) is 12.2 Å². The highest BCUT2D eigenvalue weighted by Gasteiger charge is 2.19. The van der Waals surface area contributed by atoms with Crippen LogP contribution in [0.1, 0.15) is 23.0 Å². The van der Waals surface area contributed by atoms with Gasteiger partial charge in [0.25, 0.3) is 0 Å². The van der Waals surface area contributed by atoms with Gasteiger partial charge in [-0.25, -0.2) is 4.79 Å². The van der Waals surface area contributed by atoms with Crippen LogP contribution in [0.5, 0.6) is 0 Å². The Bertz CT molecular complexity index is 445. The molecule has 0 unspecified atom stereocenters. The molecule has 1 aromatic rings. The number of thioether (sulfide) groups is 1. The number of hydrogen-bond donors (Lipinski definition) is 1. The Balaban J connectivity index is 1.87. The zero-order chi connectivity index (χ0) is 14.4. The van der Waals surface area contributed by atoms with Crippen molar-refractivity contribution >= 4 is 34.3 Å². The van der Waals surface area contributed by atoms with Crippen molar-refractivity contribution in [3.05, 3.63) is 11.3 Å². The average Bonchev–Trinajstić information content (AvgIpc) is 2.81. The van der Waals surface area contributed by atoms with Gasteiger partial charge in [0.05, 0.1) is 12.3 Å². The number of nitrogens with one attached hydrogen (secondary N) is 1. The van der Waals surface area contributed by atoms with Gasteiger partial charge in [0, 0.05) is 37.7 Å². The van der Waals surface area contributed by atoms with Crippen LogP contribution in [0.3, 0.4) is 0 Å². The lowest BCUT2D eigenvalue weighted by atomic mass is 10.2. The molecule has 5 nitrogen and oxygen atoms in total. The Morgan fingerprint density at radius 3 is 2.90 bits per heavy atom. The van der Waals surface area contributed by atoms with Gasteiger partial charge in [0.2, 0.25) is 0 Å². The Labute approximate surface area is 128 Å². The van der Waals surface area contributed by atoms with Crippen LogP contribution in [-0.2, 0) is 4.74 Å². The standard InChI is InChI=1S/C13H21N3O2S2/c1-3-18-13(17)11-10(2)15-20-12(11)14-4-5-16-6-8-19-9-7-16/h14H,3-9H2,1-2H3. The number of carbonyl (C=O) groups excluding carboxylic acids is 1. The summed E-state index contributed by atoms with van der Waals surface area (Å²) in [5.41, 5.74) is 1.33. The fourth-order valence-corrected chi connectivity index (χ4v) is 3.87. The maximum atomic E-state index is 11.9. The molecule has 0 saturated carbocycles. The minimum atomic E-state index is -0.282. The van der Waals surface area contributed by atoms with E-state index in [4.69, 9.17) is 4.74 Å². The number of hydrogen-bond acceptors (Lipinski definition) is 7. The van der Waals surface area contributed by atoms with Crippen LogP contribution in [0.2, 0.25) is 0 Å². The summed E-state index contributed by atoms with van der Waals surface area (Å²) in [6.07, 6.45) is 0. The second-order valence-electron chi connectivity index (χ2n) is 4.57. The van der Waals surface area contributed by atoms with Gasteiger partial charge < -0.3 is 10.1 Å². The number of aryl methyl sites for hydroxylation is 1. The molecule has 1 aromatic heterocycles. The largest absolute Gasteiger partial charge is 0.462 e. The average molecular weight is 315 g/mol. The predicted octanol–water partition coefficient (Wildman–Crippen LogP) is 2.09. The second kappa shape index (κ2) is 7.85. The van der Waals surface area contributed by atoms with Crippen molar-refractivity contribution in [2.24, 2.45) is 0 Å². The van der Waals surface area contributed by atoms with Crippen LogP contribution in [0.15, 0.2) is 0 Å². The van der Waals surface area contributed by atoms with Gasteiger partial charge >= 0.3 is 5.97 Å². The molecule has 0 amide bonds. The number of esters is 1. The Morgan fingerprint density at radius 1 is 1.45 bits per heavy atom. The topological polar surface area (TPSA) is 54.5 Å². The van der Waals surface area contributed by atoms with E-state index in [0.717, 1.165) is 36.9 Å². The lowest BCUT2D eigenvalue weighted by Gasteiger charge is -2.26. The van der Waals surface area contributed by atoms with E-state index in [1.54, 1.807) is 0 Å². The molecule has 0 aliphatic carbocycles. The van der Waals surface area contributed by atoms with E-state index in [2.05, 4.69) is 14.6 Å². The van der Waals surface area contributed by atoms with Gasteiger partial charge in [0.15, 0.2) is 0 Å². The molecule has 1 aliphatic rings. The third-order valence-electron chi connectivity index (χ3n) is 3.16. The number of nitrogens with zero attached hydrogens (tertiary/aromatic N) is 2. The molecule has 1 fully saturated rings. The summed E-state index contributed by atoms with van der Waals surface area (Å²) in [6.45, 7) is 8.18. The minimum Gasteiger partial charge on any atom is -0.462 e. The molecule has 2 rings (SSSR count). The summed E-state index contributed by atoms with van der Waals surface area (Å²) in [5, 5.41) is 4.15. The molecule has 1 saturated heterocycles. The normalized spacial score (nSPS) is 16.1. The second-order valence-corrected chi connectivity index (χ2v) is 6.57. The number of anilines is 1. The lowest BCUT2D eigenvalue weighted by Crippen LogP contribution is -2.36. The van der Waals surface area contributed by atoms with Crippen molar-refractivity contribution in [2.75, 3.05) is 49.6 Å². The van der Waals surface area contributed by atoms with E-state index in [1.807, 2.05) is 25.6 Å². The summed E-state index contributed by atoms with van der Waals surface area (Å²) in [5.74, 6) is 2.15. The van der Waals surface area contributed by atoms with Crippen LogP contribution in [0.25, 0.3) is 0 Å². The summed E-state index contributed by atoms with van der Waals surface area (Å²) in [4.78, 5) is 14.3. The Hall–Kier alpha value is -0.790. The third-order valence-corrected chi connectivity index (χ3v) is 5.00. The van der Waals surface area contributed by atoms with Crippen molar-refractivity contribution in [2.45, 2.75) is 13.8 Å². The van der Waals surface area contributed by atoms with Gasteiger partial charge in [-0.1, -0.05) is 0 Å². The van der Waals surface area contributed by atoms with Gasteiger partial charge in [0.1, 0.15) is 10.6 Å². The smallest absolute Gasteiger partial charge is 0.343 e. The van der Waals surface area contributed by atoms with Crippen molar-refractivity contribution in [3.8, 4) is 0 Å². The molecule has 20 heavy (non-hydrogen) atoms. The molecule has 112 valence electrons. The van der Waals surface area contributed by atoms with E-state index >= 15 is 0 Å². The minimum absolute atomic E-state index is 0.282. The molecule has 7 heteroatoms. The first-order valence-corrected chi connectivity index (χ1v) is 8.82. The van der Waals surface area contributed by atoms with E-state index in [9.17, 15) is 4.79 Å². The summed E-state index contributed by atoms with van der Waals surface area (Å²) >= 11 is 3.34. The number of carbonyl (C=O) groups is 1. The van der Waals surface area contributed by atoms with Gasteiger partial charge in [-0.05, 0) is 25.4 Å². The summed E-state index contributed by atoms with van der Waals surface area (Å²) in [6, 6.07) is 0. The highest BCUT2D eigenvalue weighted by Crippen LogP contribution is 2.25. The molecule has 2 heterocycles. The fourth-order valence-electron chi connectivity index (χ4n) is 2.09. The van der Waals surface area contributed by atoms with Crippen LogP contribution in [0, 0.1) is 6.92 Å². The molecular weight excluding hydrogens is 294 g/mol. The highest BCUT2D eigenvalue weighted by atomic mass is 32.2. The van der Waals surface area contributed by atoms with Gasteiger partial charge in [-0.15, -0.1) is 0 Å². The first-order valence-electron chi connectivity index (χ1n) is 6.89. The first-order chi connectivity index (χ1) is 9.72.